The quantitative estimate of drug-likeness (QED) is 0.372. The molecule has 0 bridgehead atoms. The highest BCUT2D eigenvalue weighted by Crippen LogP contribution is 2.44. The van der Waals surface area contributed by atoms with Gasteiger partial charge < -0.3 is 9.72 Å². The Morgan fingerprint density at radius 1 is 1.08 bits per heavy atom. The zero-order valence-corrected chi connectivity index (χ0v) is 21.3. The maximum absolute atomic E-state index is 15.6. The Morgan fingerprint density at radius 2 is 1.78 bits per heavy atom. The molecule has 3 aromatic rings. The Morgan fingerprint density at radius 3 is 2.43 bits per heavy atom. The standard InChI is InChI=1S/C28H32F5N3O/c1-16-9-19-24-20(30)5-4-6-23(24)34-26(19)27(36(16)15-28(2,3)33)25-21(31)10-18(11-22(25)32)37-8-7-35-13-17(12-29)14-35/h4-6,10-11,16-17,27,34H,7-9,12-15H2,1-3H3. The first-order valence-corrected chi connectivity index (χ1v) is 12.7. The second kappa shape index (κ2) is 9.91. The average Bonchev–Trinajstić information content (AvgIpc) is 3.15. The van der Waals surface area contributed by atoms with Gasteiger partial charge in [0.05, 0.1) is 12.7 Å². The summed E-state index contributed by atoms with van der Waals surface area (Å²) in [5.41, 5.74) is -0.210. The van der Waals surface area contributed by atoms with Gasteiger partial charge in [0.2, 0.25) is 0 Å². The number of hydrogen-bond acceptors (Lipinski definition) is 3. The third kappa shape index (κ3) is 5.08. The molecular weight excluding hydrogens is 489 g/mol. The number of rotatable bonds is 8. The smallest absolute Gasteiger partial charge is 0.135 e. The van der Waals surface area contributed by atoms with E-state index >= 15 is 8.78 Å². The lowest BCUT2D eigenvalue weighted by Gasteiger charge is -2.43. The Kier molecular flexibility index (Phi) is 6.96. The van der Waals surface area contributed by atoms with Crippen molar-refractivity contribution in [1.29, 1.82) is 0 Å². The number of likely N-dealkylation sites (tertiary alicyclic amines) is 1. The molecule has 0 saturated carbocycles. The van der Waals surface area contributed by atoms with Gasteiger partial charge in [0, 0.05) is 72.4 Å². The summed E-state index contributed by atoms with van der Waals surface area (Å²) in [6.07, 6.45) is 0.410. The fourth-order valence-electron chi connectivity index (χ4n) is 5.72. The van der Waals surface area contributed by atoms with Crippen molar-refractivity contribution in [1.82, 2.24) is 14.8 Å². The normalized spacial score (nSPS) is 21.3. The van der Waals surface area contributed by atoms with E-state index in [0.717, 1.165) is 12.1 Å². The molecule has 2 aliphatic rings. The van der Waals surface area contributed by atoms with Crippen LogP contribution in [0, 0.1) is 23.4 Å². The minimum absolute atomic E-state index is 0.0467. The van der Waals surface area contributed by atoms with E-state index in [-0.39, 0.29) is 43.1 Å². The summed E-state index contributed by atoms with van der Waals surface area (Å²) in [6.45, 7) is 6.34. The topological polar surface area (TPSA) is 31.5 Å². The van der Waals surface area contributed by atoms with Crippen molar-refractivity contribution in [2.24, 2.45) is 5.92 Å². The largest absolute Gasteiger partial charge is 0.492 e. The molecule has 0 amide bonds. The van der Waals surface area contributed by atoms with Crippen LogP contribution in [0.5, 0.6) is 5.75 Å². The molecular formula is C28H32F5N3O. The Hall–Kier alpha value is -2.65. The lowest BCUT2D eigenvalue weighted by molar-refractivity contribution is 0.0637. The second-order valence-electron chi connectivity index (χ2n) is 11.0. The summed E-state index contributed by atoms with van der Waals surface area (Å²) in [5.74, 6) is -1.95. The number of alkyl halides is 2. The summed E-state index contributed by atoms with van der Waals surface area (Å²) >= 11 is 0. The molecule has 0 aliphatic carbocycles. The van der Waals surface area contributed by atoms with E-state index in [1.807, 2.05) is 11.8 Å². The fraction of sp³-hybridized carbons (Fsp3) is 0.500. The third-order valence-electron chi connectivity index (χ3n) is 7.39. The van der Waals surface area contributed by atoms with Crippen LogP contribution in [0.15, 0.2) is 30.3 Å². The van der Waals surface area contributed by atoms with Crippen molar-refractivity contribution in [3.8, 4) is 5.75 Å². The average molecular weight is 522 g/mol. The summed E-state index contributed by atoms with van der Waals surface area (Å²) in [5, 5.41) is 0.398. The van der Waals surface area contributed by atoms with Crippen molar-refractivity contribution in [3.05, 3.63) is 64.6 Å². The van der Waals surface area contributed by atoms with Gasteiger partial charge in [-0.05, 0) is 44.9 Å². The van der Waals surface area contributed by atoms with Crippen molar-refractivity contribution >= 4 is 10.9 Å². The van der Waals surface area contributed by atoms with Crippen LogP contribution in [0.3, 0.4) is 0 Å². The highest BCUT2D eigenvalue weighted by molar-refractivity contribution is 5.86. The number of hydrogen-bond donors (Lipinski definition) is 1. The Bertz CT molecular complexity index is 1260. The molecule has 1 saturated heterocycles. The molecule has 5 rings (SSSR count). The van der Waals surface area contributed by atoms with Crippen molar-refractivity contribution < 1.29 is 26.7 Å². The first-order chi connectivity index (χ1) is 17.6. The SMILES string of the molecule is CC1Cc2c([nH]c3cccc(F)c23)C(c2c(F)cc(OCCN3CC(CF)C3)cc2F)N1CC(C)(C)F. The third-order valence-corrected chi connectivity index (χ3v) is 7.39. The van der Waals surface area contributed by atoms with Gasteiger partial charge in [-0.3, -0.25) is 14.2 Å². The summed E-state index contributed by atoms with van der Waals surface area (Å²) in [7, 11) is 0. The monoisotopic (exact) mass is 521 g/mol. The van der Waals surface area contributed by atoms with E-state index in [1.54, 1.807) is 17.0 Å². The number of halogens is 5. The van der Waals surface area contributed by atoms with E-state index in [2.05, 4.69) is 4.98 Å². The zero-order chi connectivity index (χ0) is 26.5. The van der Waals surface area contributed by atoms with E-state index in [0.29, 0.717) is 48.2 Å². The minimum atomic E-state index is -1.63. The summed E-state index contributed by atoms with van der Waals surface area (Å²) < 4.78 is 79.2. The van der Waals surface area contributed by atoms with Crippen LogP contribution in [0.1, 0.15) is 43.6 Å². The second-order valence-corrected chi connectivity index (χ2v) is 11.0. The van der Waals surface area contributed by atoms with Gasteiger partial charge >= 0.3 is 0 Å². The van der Waals surface area contributed by atoms with Gasteiger partial charge in [-0.25, -0.2) is 17.6 Å². The number of nitrogens with one attached hydrogen (secondary N) is 1. The fourth-order valence-corrected chi connectivity index (χ4v) is 5.72. The van der Waals surface area contributed by atoms with Crippen LogP contribution in [0.4, 0.5) is 22.0 Å². The number of nitrogens with zero attached hydrogens (tertiary/aromatic N) is 2. The summed E-state index contributed by atoms with van der Waals surface area (Å²) in [6, 6.07) is 5.65. The Balaban J connectivity index is 1.49. The molecule has 2 atom stereocenters. The number of H-pyrrole nitrogens is 1. The lowest BCUT2D eigenvalue weighted by Crippen LogP contribution is -2.49. The lowest BCUT2D eigenvalue weighted by atomic mass is 9.87. The molecule has 0 spiro atoms. The number of ether oxygens (including phenoxy) is 1. The predicted molar refractivity (Wildman–Crippen MR) is 133 cm³/mol. The summed E-state index contributed by atoms with van der Waals surface area (Å²) in [4.78, 5) is 6.93. The highest BCUT2D eigenvalue weighted by atomic mass is 19.2. The maximum atomic E-state index is 15.6. The molecule has 9 heteroatoms. The van der Waals surface area contributed by atoms with E-state index in [1.165, 1.54) is 19.9 Å². The van der Waals surface area contributed by atoms with Gasteiger partial charge in [0.15, 0.2) is 0 Å². The highest BCUT2D eigenvalue weighted by Gasteiger charge is 2.41. The molecule has 1 aromatic heterocycles. The van der Waals surface area contributed by atoms with Crippen LogP contribution in [0.2, 0.25) is 0 Å². The predicted octanol–water partition coefficient (Wildman–Crippen LogP) is 5.95. The van der Waals surface area contributed by atoms with Crippen molar-refractivity contribution in [3.63, 3.8) is 0 Å². The molecule has 0 radical (unpaired) electrons. The van der Waals surface area contributed by atoms with Crippen LogP contribution in [0.25, 0.3) is 10.9 Å². The molecule has 2 aliphatic heterocycles. The molecule has 4 nitrogen and oxygen atoms in total. The van der Waals surface area contributed by atoms with Gasteiger partial charge in [-0.1, -0.05) is 6.07 Å². The molecule has 2 aromatic carbocycles. The van der Waals surface area contributed by atoms with Crippen LogP contribution >= 0.6 is 0 Å². The van der Waals surface area contributed by atoms with E-state index in [9.17, 15) is 13.2 Å². The van der Waals surface area contributed by atoms with Gasteiger partial charge in [-0.2, -0.15) is 0 Å². The Labute approximate surface area is 213 Å². The molecule has 37 heavy (non-hydrogen) atoms. The molecule has 3 heterocycles. The van der Waals surface area contributed by atoms with Crippen molar-refractivity contribution in [2.75, 3.05) is 39.5 Å². The van der Waals surface area contributed by atoms with Gasteiger partial charge in [-0.15, -0.1) is 0 Å². The van der Waals surface area contributed by atoms with Gasteiger partial charge in [0.1, 0.15) is 35.5 Å². The number of fused-ring (bicyclic) bond motifs is 3. The minimum Gasteiger partial charge on any atom is -0.492 e. The molecule has 1 fully saturated rings. The van der Waals surface area contributed by atoms with Gasteiger partial charge in [0.25, 0.3) is 0 Å². The first kappa shape index (κ1) is 26.0. The van der Waals surface area contributed by atoms with E-state index < -0.39 is 29.2 Å². The number of aromatic amines is 1. The number of benzene rings is 2. The van der Waals surface area contributed by atoms with Crippen molar-refractivity contribution in [2.45, 2.75) is 44.9 Å². The van der Waals surface area contributed by atoms with Crippen LogP contribution in [-0.2, 0) is 6.42 Å². The molecule has 1 N–H and O–H groups in total. The first-order valence-electron chi connectivity index (χ1n) is 12.7. The van der Waals surface area contributed by atoms with Crippen LogP contribution < -0.4 is 4.74 Å². The molecule has 200 valence electrons. The van der Waals surface area contributed by atoms with Crippen LogP contribution in [-0.4, -0.2) is 66.0 Å². The maximum Gasteiger partial charge on any atom is 0.135 e. The van der Waals surface area contributed by atoms with E-state index in [4.69, 9.17) is 4.74 Å². The zero-order valence-electron chi connectivity index (χ0n) is 21.3. The molecule has 2 unspecified atom stereocenters. The number of aromatic nitrogens is 1.